The van der Waals surface area contributed by atoms with E-state index >= 15 is 0 Å². The SMILES string of the molecule is Cc1csc2nc(CNc3cccc(C(=O)N4CCCC4)c3)cc(=O)n12. The fourth-order valence-corrected chi connectivity index (χ4v) is 4.14. The summed E-state index contributed by atoms with van der Waals surface area (Å²) in [5.41, 5.74) is 3.06. The van der Waals surface area contributed by atoms with Crippen LogP contribution in [0, 0.1) is 6.92 Å². The predicted octanol–water partition coefficient (Wildman–Crippen LogP) is 2.91. The summed E-state index contributed by atoms with van der Waals surface area (Å²) in [6.07, 6.45) is 2.16. The average molecular weight is 368 g/mol. The van der Waals surface area contributed by atoms with E-state index in [1.54, 1.807) is 10.5 Å². The molecule has 2 aromatic heterocycles. The molecule has 0 aliphatic carbocycles. The van der Waals surface area contributed by atoms with Crippen LogP contribution in [0.15, 0.2) is 40.5 Å². The van der Waals surface area contributed by atoms with Gasteiger partial charge in [-0.1, -0.05) is 6.07 Å². The Bertz CT molecular complexity index is 1020. The Morgan fingerprint density at radius 2 is 2.08 bits per heavy atom. The van der Waals surface area contributed by atoms with E-state index in [0.29, 0.717) is 22.8 Å². The maximum absolute atomic E-state index is 12.5. The third-order valence-corrected chi connectivity index (χ3v) is 5.55. The number of hydrogen-bond acceptors (Lipinski definition) is 5. The second-order valence-corrected chi connectivity index (χ2v) is 7.35. The minimum absolute atomic E-state index is 0.0662. The highest BCUT2D eigenvalue weighted by Gasteiger charge is 2.19. The lowest BCUT2D eigenvalue weighted by molar-refractivity contribution is 0.0793. The van der Waals surface area contributed by atoms with E-state index in [1.807, 2.05) is 41.5 Å². The van der Waals surface area contributed by atoms with E-state index in [0.717, 1.165) is 37.3 Å². The summed E-state index contributed by atoms with van der Waals surface area (Å²) >= 11 is 1.46. The van der Waals surface area contributed by atoms with Gasteiger partial charge in [-0.25, -0.2) is 4.98 Å². The van der Waals surface area contributed by atoms with Gasteiger partial charge in [-0.15, -0.1) is 11.3 Å². The van der Waals surface area contributed by atoms with Crippen molar-refractivity contribution in [3.05, 3.63) is 63.0 Å². The zero-order valence-corrected chi connectivity index (χ0v) is 15.4. The summed E-state index contributed by atoms with van der Waals surface area (Å²) in [6, 6.07) is 9.05. The number of nitrogens with one attached hydrogen (secondary N) is 1. The maximum Gasteiger partial charge on any atom is 0.259 e. The van der Waals surface area contributed by atoms with E-state index in [2.05, 4.69) is 10.3 Å². The molecule has 1 N–H and O–H groups in total. The molecule has 0 unspecified atom stereocenters. The third-order valence-electron chi connectivity index (χ3n) is 4.61. The molecule has 1 amide bonds. The predicted molar refractivity (Wildman–Crippen MR) is 103 cm³/mol. The first kappa shape index (κ1) is 16.8. The first-order valence-electron chi connectivity index (χ1n) is 8.72. The number of amides is 1. The van der Waals surface area contributed by atoms with Crippen molar-refractivity contribution in [1.29, 1.82) is 0 Å². The fourth-order valence-electron chi connectivity index (χ4n) is 3.25. The van der Waals surface area contributed by atoms with Gasteiger partial charge in [0.1, 0.15) is 0 Å². The van der Waals surface area contributed by atoms with Gasteiger partial charge in [0.15, 0.2) is 4.96 Å². The van der Waals surface area contributed by atoms with E-state index < -0.39 is 0 Å². The lowest BCUT2D eigenvalue weighted by Crippen LogP contribution is -2.27. The molecule has 0 atom stereocenters. The summed E-state index contributed by atoms with van der Waals surface area (Å²) in [7, 11) is 0. The number of aromatic nitrogens is 2. The molecule has 1 saturated heterocycles. The van der Waals surface area contributed by atoms with Gasteiger partial charge in [-0.3, -0.25) is 14.0 Å². The third kappa shape index (κ3) is 3.22. The Hall–Kier alpha value is -2.67. The number of likely N-dealkylation sites (tertiary alicyclic amines) is 1. The molecule has 6 nitrogen and oxygen atoms in total. The van der Waals surface area contributed by atoms with E-state index in [4.69, 9.17) is 0 Å². The second kappa shape index (κ2) is 6.92. The molecule has 1 fully saturated rings. The number of hydrogen-bond donors (Lipinski definition) is 1. The highest BCUT2D eigenvalue weighted by atomic mass is 32.1. The summed E-state index contributed by atoms with van der Waals surface area (Å²) in [6.45, 7) is 4.01. The Morgan fingerprint density at radius 3 is 2.88 bits per heavy atom. The molecule has 4 rings (SSSR count). The highest BCUT2D eigenvalue weighted by Crippen LogP contribution is 2.17. The van der Waals surface area contributed by atoms with Gasteiger partial charge >= 0.3 is 0 Å². The van der Waals surface area contributed by atoms with Crippen LogP contribution in [0.1, 0.15) is 34.6 Å². The molecule has 26 heavy (non-hydrogen) atoms. The number of fused-ring (bicyclic) bond motifs is 1. The molecular formula is C19H20N4O2S. The van der Waals surface area contributed by atoms with Crippen LogP contribution in [0.25, 0.3) is 4.96 Å². The topological polar surface area (TPSA) is 66.7 Å². The van der Waals surface area contributed by atoms with Crippen molar-refractivity contribution in [2.24, 2.45) is 0 Å². The lowest BCUT2D eigenvalue weighted by Gasteiger charge is -2.16. The summed E-state index contributed by atoms with van der Waals surface area (Å²) in [5, 5.41) is 5.19. The number of thiazole rings is 1. The minimum Gasteiger partial charge on any atom is -0.379 e. The molecule has 7 heteroatoms. The van der Waals surface area contributed by atoms with E-state index in [1.165, 1.54) is 11.3 Å². The number of carbonyl (C=O) groups is 1. The van der Waals surface area contributed by atoms with Crippen LogP contribution in [-0.4, -0.2) is 33.3 Å². The van der Waals surface area contributed by atoms with Crippen molar-refractivity contribution in [3.8, 4) is 0 Å². The summed E-state index contributed by atoms with van der Waals surface area (Å²) in [4.78, 5) is 31.9. The standard InChI is InChI=1S/C19H20N4O2S/c1-13-12-26-19-21-16(10-17(24)23(13)19)11-20-15-6-4-5-14(9-15)18(25)22-7-2-3-8-22/h4-6,9-10,12,20H,2-3,7-8,11H2,1H3. The van der Waals surface area contributed by atoms with Gasteiger partial charge in [0.2, 0.25) is 0 Å². The van der Waals surface area contributed by atoms with Gasteiger partial charge in [-0.2, -0.15) is 0 Å². The van der Waals surface area contributed by atoms with Gasteiger partial charge < -0.3 is 10.2 Å². The van der Waals surface area contributed by atoms with Crippen LogP contribution in [0.3, 0.4) is 0 Å². The van der Waals surface area contributed by atoms with Gasteiger partial charge in [-0.05, 0) is 38.0 Å². The van der Waals surface area contributed by atoms with Crippen molar-refractivity contribution in [1.82, 2.24) is 14.3 Å². The van der Waals surface area contributed by atoms with E-state index in [9.17, 15) is 9.59 Å². The number of nitrogens with zero attached hydrogens (tertiary/aromatic N) is 3. The molecular weight excluding hydrogens is 348 g/mol. The number of rotatable bonds is 4. The number of anilines is 1. The smallest absolute Gasteiger partial charge is 0.259 e. The Morgan fingerprint density at radius 1 is 1.27 bits per heavy atom. The molecule has 0 saturated carbocycles. The quantitative estimate of drug-likeness (QED) is 0.769. The number of benzene rings is 1. The van der Waals surface area contributed by atoms with Gasteiger partial charge in [0.25, 0.3) is 11.5 Å². The second-order valence-electron chi connectivity index (χ2n) is 6.51. The number of carbonyl (C=O) groups excluding carboxylic acids is 1. The monoisotopic (exact) mass is 368 g/mol. The molecule has 0 spiro atoms. The Balaban J connectivity index is 1.50. The molecule has 3 aromatic rings. The zero-order valence-electron chi connectivity index (χ0n) is 14.6. The van der Waals surface area contributed by atoms with E-state index in [-0.39, 0.29) is 11.5 Å². The minimum atomic E-state index is -0.0662. The molecule has 1 aromatic carbocycles. The molecule has 1 aliphatic heterocycles. The van der Waals surface area contributed by atoms with Crippen molar-refractivity contribution in [2.75, 3.05) is 18.4 Å². The zero-order chi connectivity index (χ0) is 18.1. The van der Waals surface area contributed by atoms with Gasteiger partial charge in [0.05, 0.1) is 12.2 Å². The average Bonchev–Trinajstić information content (AvgIpc) is 3.30. The highest BCUT2D eigenvalue weighted by molar-refractivity contribution is 7.15. The molecule has 0 radical (unpaired) electrons. The lowest BCUT2D eigenvalue weighted by atomic mass is 10.1. The molecule has 0 bridgehead atoms. The summed E-state index contributed by atoms with van der Waals surface area (Å²) in [5.74, 6) is 0.0815. The molecule has 3 heterocycles. The largest absolute Gasteiger partial charge is 0.379 e. The first-order valence-corrected chi connectivity index (χ1v) is 9.60. The number of aryl methyl sites for hydroxylation is 1. The maximum atomic E-state index is 12.5. The van der Waals surface area contributed by atoms with Crippen molar-refractivity contribution in [3.63, 3.8) is 0 Å². The van der Waals surface area contributed by atoms with Crippen LogP contribution in [0.4, 0.5) is 5.69 Å². The van der Waals surface area contributed by atoms with Crippen molar-refractivity contribution < 1.29 is 4.79 Å². The van der Waals surface area contributed by atoms with Crippen LogP contribution in [-0.2, 0) is 6.54 Å². The fraction of sp³-hybridized carbons (Fsp3) is 0.316. The summed E-state index contributed by atoms with van der Waals surface area (Å²) < 4.78 is 1.61. The van der Waals surface area contributed by atoms with Crippen LogP contribution < -0.4 is 10.9 Å². The first-order chi connectivity index (χ1) is 12.6. The van der Waals surface area contributed by atoms with Crippen LogP contribution in [0.2, 0.25) is 0 Å². The Labute approximate surface area is 155 Å². The normalized spacial score (nSPS) is 14.1. The van der Waals surface area contributed by atoms with Crippen LogP contribution in [0.5, 0.6) is 0 Å². The molecule has 1 aliphatic rings. The molecule has 134 valence electrons. The Kier molecular flexibility index (Phi) is 4.46. The van der Waals surface area contributed by atoms with Gasteiger partial charge in [0, 0.05) is 41.5 Å². The van der Waals surface area contributed by atoms with Crippen molar-refractivity contribution in [2.45, 2.75) is 26.3 Å². The van der Waals surface area contributed by atoms with Crippen LogP contribution >= 0.6 is 11.3 Å². The van der Waals surface area contributed by atoms with Crippen molar-refractivity contribution >= 4 is 27.9 Å².